The van der Waals surface area contributed by atoms with Gasteiger partial charge in [0.1, 0.15) is 23.4 Å². The van der Waals surface area contributed by atoms with Gasteiger partial charge >= 0.3 is 6.03 Å². The molecule has 0 aliphatic heterocycles. The summed E-state index contributed by atoms with van der Waals surface area (Å²) in [6, 6.07) is 14.0. The number of rotatable bonds is 7. The average molecular weight is 380 g/mol. The van der Waals surface area contributed by atoms with E-state index in [0.717, 1.165) is 22.9 Å². The van der Waals surface area contributed by atoms with Gasteiger partial charge in [-0.15, -0.1) is 0 Å². The van der Waals surface area contributed by atoms with E-state index >= 15 is 0 Å². The van der Waals surface area contributed by atoms with Crippen molar-refractivity contribution >= 4 is 11.7 Å². The molecule has 2 N–H and O–H groups in total. The number of nitrogens with one attached hydrogen (secondary N) is 2. The smallest absolute Gasteiger partial charge is 0.320 e. The number of methoxy groups -OCH3 is 1. The molecule has 7 heteroatoms. The van der Waals surface area contributed by atoms with E-state index in [4.69, 9.17) is 9.47 Å². The first-order valence-electron chi connectivity index (χ1n) is 9.02. The van der Waals surface area contributed by atoms with Crippen molar-refractivity contribution < 1.29 is 14.3 Å². The number of urea groups is 1. The number of nitrogens with zero attached hydrogens (tertiary/aromatic N) is 2. The summed E-state index contributed by atoms with van der Waals surface area (Å²) in [4.78, 5) is 17.0. The van der Waals surface area contributed by atoms with Crippen molar-refractivity contribution in [1.82, 2.24) is 14.9 Å². The number of aromatic nitrogens is 2. The fraction of sp³-hybridized carbons (Fsp3) is 0.238. The zero-order valence-corrected chi connectivity index (χ0v) is 16.2. The zero-order chi connectivity index (χ0) is 19.9. The lowest BCUT2D eigenvalue weighted by Crippen LogP contribution is -2.34. The number of aryl methyl sites for hydroxylation is 1. The maximum absolute atomic E-state index is 12.6. The summed E-state index contributed by atoms with van der Waals surface area (Å²) in [5.41, 5.74) is 1.58. The van der Waals surface area contributed by atoms with Crippen LogP contribution in [0.15, 0.2) is 60.9 Å². The van der Waals surface area contributed by atoms with Gasteiger partial charge in [0.15, 0.2) is 0 Å². The Balaban J connectivity index is 1.76. The van der Waals surface area contributed by atoms with E-state index in [1.165, 1.54) is 0 Å². The molecule has 3 aromatic rings. The number of amides is 2. The number of benzene rings is 2. The second kappa shape index (κ2) is 8.94. The van der Waals surface area contributed by atoms with E-state index in [1.54, 1.807) is 25.4 Å². The summed E-state index contributed by atoms with van der Waals surface area (Å²) in [5, 5.41) is 5.84. The first-order chi connectivity index (χ1) is 13.6. The number of imidazole rings is 1. The number of carbonyl (C=O) groups excluding carboxylic acids is 1. The van der Waals surface area contributed by atoms with E-state index in [9.17, 15) is 4.79 Å². The van der Waals surface area contributed by atoms with Gasteiger partial charge in [-0.3, -0.25) is 0 Å². The average Bonchev–Trinajstić information content (AvgIpc) is 3.13. The van der Waals surface area contributed by atoms with E-state index in [-0.39, 0.29) is 6.03 Å². The fourth-order valence-electron chi connectivity index (χ4n) is 2.85. The third-order valence-electron chi connectivity index (χ3n) is 4.26. The Morgan fingerprint density at radius 2 is 1.79 bits per heavy atom. The summed E-state index contributed by atoms with van der Waals surface area (Å²) in [5.74, 6) is 2.24. The Morgan fingerprint density at radius 3 is 2.36 bits per heavy atom. The SMILES string of the molecule is CCOc1ccc(NC(=O)NC(c2ccc(OC)cc2)c2nccn2C)cc1. The number of hydrogen-bond acceptors (Lipinski definition) is 4. The van der Waals surface area contributed by atoms with Crippen LogP contribution in [0.2, 0.25) is 0 Å². The first kappa shape index (κ1) is 19.3. The Hall–Kier alpha value is -3.48. The van der Waals surface area contributed by atoms with Gasteiger partial charge in [0, 0.05) is 25.1 Å². The van der Waals surface area contributed by atoms with Crippen LogP contribution < -0.4 is 20.1 Å². The maximum Gasteiger partial charge on any atom is 0.320 e. The van der Waals surface area contributed by atoms with Crippen molar-refractivity contribution in [2.45, 2.75) is 13.0 Å². The molecule has 0 saturated heterocycles. The van der Waals surface area contributed by atoms with Crippen LogP contribution in [0.5, 0.6) is 11.5 Å². The molecule has 2 aromatic carbocycles. The fourth-order valence-corrected chi connectivity index (χ4v) is 2.85. The molecule has 0 aliphatic carbocycles. The molecule has 146 valence electrons. The minimum atomic E-state index is -0.409. The lowest BCUT2D eigenvalue weighted by molar-refractivity contribution is 0.249. The van der Waals surface area contributed by atoms with Crippen LogP contribution in [0.1, 0.15) is 24.4 Å². The van der Waals surface area contributed by atoms with Crippen molar-refractivity contribution in [3.8, 4) is 11.5 Å². The van der Waals surface area contributed by atoms with Crippen molar-refractivity contribution in [2.24, 2.45) is 7.05 Å². The van der Waals surface area contributed by atoms with Crippen LogP contribution in [0.3, 0.4) is 0 Å². The van der Waals surface area contributed by atoms with Crippen molar-refractivity contribution in [1.29, 1.82) is 0 Å². The summed E-state index contributed by atoms with van der Waals surface area (Å²) < 4.78 is 12.5. The molecule has 28 heavy (non-hydrogen) atoms. The molecule has 0 radical (unpaired) electrons. The second-order valence-electron chi connectivity index (χ2n) is 6.16. The Morgan fingerprint density at radius 1 is 1.11 bits per heavy atom. The summed E-state index contributed by atoms with van der Waals surface area (Å²) in [6.07, 6.45) is 3.55. The lowest BCUT2D eigenvalue weighted by atomic mass is 10.1. The molecule has 0 fully saturated rings. The molecule has 0 bridgehead atoms. The molecule has 0 aliphatic rings. The van der Waals surface area contributed by atoms with Crippen LogP contribution in [-0.4, -0.2) is 29.3 Å². The van der Waals surface area contributed by atoms with Gasteiger partial charge in [0.2, 0.25) is 0 Å². The molecule has 2 amide bonds. The molecule has 7 nitrogen and oxygen atoms in total. The van der Waals surface area contributed by atoms with Gasteiger partial charge in [-0.05, 0) is 48.9 Å². The summed E-state index contributed by atoms with van der Waals surface area (Å²) >= 11 is 0. The second-order valence-corrected chi connectivity index (χ2v) is 6.16. The van der Waals surface area contributed by atoms with Gasteiger partial charge in [0.25, 0.3) is 0 Å². The number of ether oxygens (including phenoxy) is 2. The minimum Gasteiger partial charge on any atom is -0.497 e. The van der Waals surface area contributed by atoms with Crippen LogP contribution in [-0.2, 0) is 7.05 Å². The highest BCUT2D eigenvalue weighted by Crippen LogP contribution is 2.23. The largest absolute Gasteiger partial charge is 0.497 e. The number of hydrogen-bond donors (Lipinski definition) is 2. The van der Waals surface area contributed by atoms with Gasteiger partial charge in [-0.1, -0.05) is 12.1 Å². The summed E-state index contributed by atoms with van der Waals surface area (Å²) in [6.45, 7) is 2.52. The molecule has 1 heterocycles. The van der Waals surface area contributed by atoms with Gasteiger partial charge in [-0.2, -0.15) is 0 Å². The minimum absolute atomic E-state index is 0.326. The molecule has 0 saturated carbocycles. The van der Waals surface area contributed by atoms with Crippen molar-refractivity contribution in [3.05, 3.63) is 72.3 Å². The number of carbonyl (C=O) groups is 1. The van der Waals surface area contributed by atoms with Crippen molar-refractivity contribution in [2.75, 3.05) is 19.0 Å². The van der Waals surface area contributed by atoms with Crippen LogP contribution in [0.25, 0.3) is 0 Å². The standard InChI is InChI=1S/C21H24N4O3/c1-4-28-18-11-7-16(8-12-18)23-21(26)24-19(20-22-13-14-25(20)2)15-5-9-17(27-3)10-6-15/h5-14,19H,4H2,1-3H3,(H2,23,24,26). The zero-order valence-electron chi connectivity index (χ0n) is 16.2. The van der Waals surface area contributed by atoms with Gasteiger partial charge in [0.05, 0.1) is 13.7 Å². The maximum atomic E-state index is 12.6. The summed E-state index contributed by atoms with van der Waals surface area (Å²) in [7, 11) is 3.51. The van der Waals surface area contributed by atoms with Crippen LogP contribution >= 0.6 is 0 Å². The third kappa shape index (κ3) is 4.62. The van der Waals surface area contributed by atoms with Crippen LogP contribution in [0.4, 0.5) is 10.5 Å². The highest BCUT2D eigenvalue weighted by molar-refractivity contribution is 5.89. The topological polar surface area (TPSA) is 77.4 Å². The first-order valence-corrected chi connectivity index (χ1v) is 9.02. The predicted octanol–water partition coefficient (Wildman–Crippen LogP) is 3.74. The Kier molecular flexibility index (Phi) is 6.16. The predicted molar refractivity (Wildman–Crippen MR) is 108 cm³/mol. The van der Waals surface area contributed by atoms with E-state index in [0.29, 0.717) is 12.3 Å². The molecule has 1 atom stereocenters. The number of anilines is 1. The van der Waals surface area contributed by atoms with Gasteiger partial charge in [-0.25, -0.2) is 9.78 Å². The van der Waals surface area contributed by atoms with E-state index in [1.807, 2.05) is 61.1 Å². The normalized spacial score (nSPS) is 11.5. The highest BCUT2D eigenvalue weighted by atomic mass is 16.5. The van der Waals surface area contributed by atoms with E-state index in [2.05, 4.69) is 15.6 Å². The molecule has 1 aromatic heterocycles. The monoisotopic (exact) mass is 380 g/mol. The Bertz CT molecular complexity index is 904. The van der Waals surface area contributed by atoms with E-state index < -0.39 is 6.04 Å². The highest BCUT2D eigenvalue weighted by Gasteiger charge is 2.21. The van der Waals surface area contributed by atoms with Crippen LogP contribution in [0, 0.1) is 0 Å². The molecule has 0 spiro atoms. The third-order valence-corrected chi connectivity index (χ3v) is 4.26. The van der Waals surface area contributed by atoms with Gasteiger partial charge < -0.3 is 24.7 Å². The lowest BCUT2D eigenvalue weighted by Gasteiger charge is -2.20. The molecular weight excluding hydrogens is 356 g/mol. The molecule has 3 rings (SSSR count). The quantitative estimate of drug-likeness (QED) is 0.655. The molecule has 1 unspecified atom stereocenters. The molecular formula is C21H24N4O3. The van der Waals surface area contributed by atoms with Crippen molar-refractivity contribution in [3.63, 3.8) is 0 Å². The Labute approximate surface area is 164 Å².